The van der Waals surface area contributed by atoms with Gasteiger partial charge in [-0.05, 0) is 42.8 Å². The summed E-state index contributed by atoms with van der Waals surface area (Å²) in [6.45, 7) is 6.74. The maximum absolute atomic E-state index is 10.3. The normalized spacial score (nSPS) is 16.7. The van der Waals surface area contributed by atoms with Gasteiger partial charge in [0.1, 0.15) is 18.5 Å². The zero-order valence-electron chi connectivity index (χ0n) is 14.6. The Morgan fingerprint density at radius 2 is 1.80 bits per heavy atom. The van der Waals surface area contributed by atoms with Crippen LogP contribution in [0.1, 0.15) is 5.56 Å². The van der Waals surface area contributed by atoms with Crippen molar-refractivity contribution in [3.05, 3.63) is 59.1 Å². The highest BCUT2D eigenvalue weighted by atomic mass is 35.5. The standard InChI is InChI=1S/C20H25ClN2O2/c1-16-13-17(21)7-8-20(16)25-15-19(24)14-22-9-11-23(12-10-22)18-5-3-2-4-6-18/h2-8,13,19,24H,9-12,14-15H2,1H3/t19-/m1/s1. The molecule has 1 saturated heterocycles. The first-order valence-corrected chi connectivity index (χ1v) is 9.09. The molecule has 2 aromatic rings. The second-order valence-corrected chi connectivity index (χ2v) is 6.93. The molecule has 4 nitrogen and oxygen atoms in total. The summed E-state index contributed by atoms with van der Waals surface area (Å²) < 4.78 is 5.74. The van der Waals surface area contributed by atoms with Crippen LogP contribution in [0.15, 0.2) is 48.5 Å². The highest BCUT2D eigenvalue weighted by Gasteiger charge is 2.19. The SMILES string of the molecule is Cc1cc(Cl)ccc1OC[C@H](O)CN1CCN(c2ccccc2)CC1. The molecule has 0 saturated carbocycles. The summed E-state index contributed by atoms with van der Waals surface area (Å²) in [6.07, 6.45) is -0.502. The van der Waals surface area contributed by atoms with Crippen LogP contribution in [0.25, 0.3) is 0 Å². The summed E-state index contributed by atoms with van der Waals surface area (Å²) in [5.41, 5.74) is 2.25. The van der Waals surface area contributed by atoms with E-state index in [1.165, 1.54) is 5.69 Å². The van der Waals surface area contributed by atoms with Crippen LogP contribution >= 0.6 is 11.6 Å². The quantitative estimate of drug-likeness (QED) is 0.858. The summed E-state index contributed by atoms with van der Waals surface area (Å²) in [6, 6.07) is 16.0. The lowest BCUT2D eigenvalue weighted by Crippen LogP contribution is -2.49. The van der Waals surface area contributed by atoms with E-state index in [4.69, 9.17) is 16.3 Å². The molecule has 1 atom stereocenters. The number of piperazine rings is 1. The van der Waals surface area contributed by atoms with Gasteiger partial charge in [0.25, 0.3) is 0 Å². The van der Waals surface area contributed by atoms with Crippen molar-refractivity contribution < 1.29 is 9.84 Å². The van der Waals surface area contributed by atoms with Gasteiger partial charge in [0.15, 0.2) is 0 Å². The fraction of sp³-hybridized carbons (Fsp3) is 0.400. The first-order chi connectivity index (χ1) is 12.1. The van der Waals surface area contributed by atoms with Gasteiger partial charge in [-0.3, -0.25) is 4.90 Å². The first-order valence-electron chi connectivity index (χ1n) is 8.71. The molecule has 3 rings (SSSR count). The summed E-state index contributed by atoms with van der Waals surface area (Å²) >= 11 is 5.95. The minimum Gasteiger partial charge on any atom is -0.491 e. The Bertz CT molecular complexity index is 673. The molecule has 1 fully saturated rings. The smallest absolute Gasteiger partial charge is 0.122 e. The van der Waals surface area contributed by atoms with Crippen LogP contribution in [0.3, 0.4) is 0 Å². The first kappa shape index (κ1) is 18.1. The van der Waals surface area contributed by atoms with Gasteiger partial charge in [-0.15, -0.1) is 0 Å². The zero-order valence-corrected chi connectivity index (χ0v) is 15.3. The van der Waals surface area contributed by atoms with E-state index < -0.39 is 6.10 Å². The van der Waals surface area contributed by atoms with Crippen LogP contribution in [0.5, 0.6) is 5.75 Å². The van der Waals surface area contributed by atoms with Crippen LogP contribution in [0.4, 0.5) is 5.69 Å². The van der Waals surface area contributed by atoms with Crippen molar-refractivity contribution in [2.24, 2.45) is 0 Å². The van der Waals surface area contributed by atoms with Crippen LogP contribution < -0.4 is 9.64 Å². The molecule has 1 N–H and O–H groups in total. The number of aliphatic hydroxyl groups is 1. The number of β-amino-alcohol motifs (C(OH)–C–C–N with tert-alkyl or cyclic N) is 1. The Morgan fingerprint density at radius 1 is 1.08 bits per heavy atom. The molecule has 0 aromatic heterocycles. The number of rotatable bonds is 6. The third-order valence-corrected chi connectivity index (χ3v) is 4.77. The predicted octanol–water partition coefficient (Wildman–Crippen LogP) is 3.21. The fourth-order valence-corrected chi connectivity index (χ4v) is 3.37. The topological polar surface area (TPSA) is 35.9 Å². The number of para-hydroxylation sites is 1. The van der Waals surface area contributed by atoms with Gasteiger partial charge in [0.2, 0.25) is 0 Å². The molecule has 25 heavy (non-hydrogen) atoms. The van der Waals surface area contributed by atoms with Gasteiger partial charge >= 0.3 is 0 Å². The number of anilines is 1. The molecule has 0 bridgehead atoms. The summed E-state index contributed by atoms with van der Waals surface area (Å²) in [5.74, 6) is 0.775. The van der Waals surface area contributed by atoms with E-state index in [9.17, 15) is 5.11 Å². The Hall–Kier alpha value is -1.75. The average molecular weight is 361 g/mol. The number of hydrogen-bond donors (Lipinski definition) is 1. The molecule has 1 heterocycles. The molecule has 0 unspecified atom stereocenters. The molecule has 1 aliphatic heterocycles. The van der Waals surface area contributed by atoms with Crippen molar-refractivity contribution in [2.45, 2.75) is 13.0 Å². The second kappa shape index (κ2) is 8.56. The van der Waals surface area contributed by atoms with Crippen molar-refractivity contribution in [3.63, 3.8) is 0 Å². The van der Waals surface area contributed by atoms with Crippen molar-refractivity contribution in [1.82, 2.24) is 4.90 Å². The van der Waals surface area contributed by atoms with Gasteiger partial charge in [0.05, 0.1) is 0 Å². The largest absolute Gasteiger partial charge is 0.491 e. The Morgan fingerprint density at radius 3 is 2.48 bits per heavy atom. The maximum atomic E-state index is 10.3. The summed E-state index contributed by atoms with van der Waals surface area (Å²) in [4.78, 5) is 4.68. The molecular weight excluding hydrogens is 336 g/mol. The lowest BCUT2D eigenvalue weighted by Gasteiger charge is -2.36. The van der Waals surface area contributed by atoms with Gasteiger partial charge in [-0.1, -0.05) is 29.8 Å². The molecule has 0 aliphatic carbocycles. The monoisotopic (exact) mass is 360 g/mol. The van der Waals surface area contributed by atoms with Crippen molar-refractivity contribution in [1.29, 1.82) is 0 Å². The van der Waals surface area contributed by atoms with Crippen LogP contribution in [-0.4, -0.2) is 55.4 Å². The minimum atomic E-state index is -0.502. The molecule has 134 valence electrons. The zero-order chi connectivity index (χ0) is 17.6. The minimum absolute atomic E-state index is 0.293. The molecule has 0 amide bonds. The molecule has 2 aromatic carbocycles. The molecule has 1 aliphatic rings. The highest BCUT2D eigenvalue weighted by molar-refractivity contribution is 6.30. The van der Waals surface area contributed by atoms with E-state index in [1.807, 2.05) is 25.1 Å². The fourth-order valence-electron chi connectivity index (χ4n) is 3.14. The summed E-state index contributed by atoms with van der Waals surface area (Å²) in [5, 5.41) is 11.0. The highest BCUT2D eigenvalue weighted by Crippen LogP contribution is 2.22. The number of aliphatic hydroxyl groups excluding tert-OH is 1. The summed E-state index contributed by atoms with van der Waals surface area (Å²) in [7, 11) is 0. The van der Waals surface area contributed by atoms with E-state index in [-0.39, 0.29) is 0 Å². The Kier molecular flexibility index (Phi) is 6.19. The van der Waals surface area contributed by atoms with E-state index >= 15 is 0 Å². The van der Waals surface area contributed by atoms with Gasteiger partial charge in [-0.25, -0.2) is 0 Å². The number of benzene rings is 2. The number of ether oxygens (including phenoxy) is 1. The van der Waals surface area contributed by atoms with Crippen LogP contribution in [-0.2, 0) is 0 Å². The maximum Gasteiger partial charge on any atom is 0.122 e. The van der Waals surface area contributed by atoms with Gasteiger partial charge < -0.3 is 14.7 Å². The Labute approximate surface area is 154 Å². The van der Waals surface area contributed by atoms with Crippen molar-refractivity contribution >= 4 is 17.3 Å². The number of aryl methyl sites for hydroxylation is 1. The predicted molar refractivity (Wildman–Crippen MR) is 103 cm³/mol. The van der Waals surface area contributed by atoms with E-state index in [1.54, 1.807) is 6.07 Å². The van der Waals surface area contributed by atoms with E-state index in [2.05, 4.69) is 34.1 Å². The number of halogens is 1. The van der Waals surface area contributed by atoms with Crippen LogP contribution in [0, 0.1) is 6.92 Å². The van der Waals surface area contributed by atoms with Gasteiger partial charge in [0, 0.05) is 43.4 Å². The third kappa shape index (κ3) is 5.11. The van der Waals surface area contributed by atoms with E-state index in [0.29, 0.717) is 18.2 Å². The number of hydrogen-bond acceptors (Lipinski definition) is 4. The Balaban J connectivity index is 1.42. The molecule has 0 radical (unpaired) electrons. The van der Waals surface area contributed by atoms with E-state index in [0.717, 1.165) is 37.5 Å². The average Bonchev–Trinajstić information content (AvgIpc) is 2.62. The number of nitrogens with zero attached hydrogens (tertiary/aromatic N) is 2. The lowest BCUT2D eigenvalue weighted by molar-refractivity contribution is 0.0661. The molecule has 0 spiro atoms. The van der Waals surface area contributed by atoms with Gasteiger partial charge in [-0.2, -0.15) is 0 Å². The second-order valence-electron chi connectivity index (χ2n) is 6.50. The van der Waals surface area contributed by atoms with Crippen molar-refractivity contribution in [3.8, 4) is 5.75 Å². The third-order valence-electron chi connectivity index (χ3n) is 4.53. The molecular formula is C20H25ClN2O2. The molecule has 5 heteroatoms. The van der Waals surface area contributed by atoms with Crippen molar-refractivity contribution in [2.75, 3.05) is 44.2 Å². The lowest BCUT2D eigenvalue weighted by atomic mass is 10.2. The van der Waals surface area contributed by atoms with Crippen LogP contribution in [0.2, 0.25) is 5.02 Å².